The van der Waals surface area contributed by atoms with Crippen LogP contribution in [0.2, 0.25) is 0 Å². The van der Waals surface area contributed by atoms with E-state index in [0.29, 0.717) is 0 Å². The van der Waals surface area contributed by atoms with E-state index in [4.69, 9.17) is 10.4 Å². The Hall–Kier alpha value is -2.67. The standard InChI is InChI=1S/C18H18N2O2/c19-13-17-15(11-12-16(20-17)18(21)22)10-6-2-5-9-14-7-3-1-4-8-14/h1,3-4,7-8,11-12H,2,5-6,9-10H2,(H,21,22). The van der Waals surface area contributed by atoms with Gasteiger partial charge in [0.1, 0.15) is 17.5 Å². The first kappa shape index (κ1) is 15.7. The van der Waals surface area contributed by atoms with E-state index in [-0.39, 0.29) is 11.4 Å². The van der Waals surface area contributed by atoms with Gasteiger partial charge in [0.05, 0.1) is 0 Å². The van der Waals surface area contributed by atoms with E-state index in [0.717, 1.165) is 37.7 Å². The zero-order valence-corrected chi connectivity index (χ0v) is 12.3. The number of nitrogens with zero attached hydrogens (tertiary/aromatic N) is 2. The van der Waals surface area contributed by atoms with Crippen molar-refractivity contribution in [2.24, 2.45) is 0 Å². The van der Waals surface area contributed by atoms with E-state index in [9.17, 15) is 4.79 Å². The predicted octanol–water partition coefficient (Wildman–Crippen LogP) is 3.61. The minimum atomic E-state index is -1.11. The molecule has 0 radical (unpaired) electrons. The number of rotatable bonds is 7. The van der Waals surface area contributed by atoms with Crippen LogP contribution in [0, 0.1) is 11.3 Å². The number of pyridine rings is 1. The number of hydrogen-bond acceptors (Lipinski definition) is 3. The van der Waals surface area contributed by atoms with Crippen molar-refractivity contribution in [3.8, 4) is 6.07 Å². The fourth-order valence-electron chi connectivity index (χ4n) is 2.37. The van der Waals surface area contributed by atoms with Crippen LogP contribution >= 0.6 is 0 Å². The summed E-state index contributed by atoms with van der Waals surface area (Å²) in [5, 5.41) is 17.9. The van der Waals surface area contributed by atoms with E-state index < -0.39 is 5.97 Å². The number of carboxylic acid groups (broad SMARTS) is 1. The fourth-order valence-corrected chi connectivity index (χ4v) is 2.37. The zero-order chi connectivity index (χ0) is 15.8. The first-order chi connectivity index (χ1) is 10.7. The molecule has 2 aromatic rings. The maximum absolute atomic E-state index is 10.8. The van der Waals surface area contributed by atoms with Crippen LogP contribution in [-0.4, -0.2) is 16.1 Å². The lowest BCUT2D eigenvalue weighted by Gasteiger charge is -2.05. The number of hydrogen-bond donors (Lipinski definition) is 1. The third-order valence-electron chi connectivity index (χ3n) is 3.56. The minimum absolute atomic E-state index is 0.0793. The van der Waals surface area contributed by atoms with E-state index in [1.165, 1.54) is 11.6 Å². The van der Waals surface area contributed by atoms with Crippen LogP contribution in [0.3, 0.4) is 0 Å². The first-order valence-corrected chi connectivity index (χ1v) is 7.38. The Labute approximate surface area is 130 Å². The van der Waals surface area contributed by atoms with Crippen LogP contribution in [0.25, 0.3) is 0 Å². The van der Waals surface area contributed by atoms with Gasteiger partial charge >= 0.3 is 5.97 Å². The molecule has 0 aliphatic rings. The molecule has 4 heteroatoms. The molecule has 0 fully saturated rings. The molecule has 2 rings (SSSR count). The van der Waals surface area contributed by atoms with Crippen molar-refractivity contribution in [1.82, 2.24) is 4.98 Å². The number of nitriles is 1. The Bertz CT molecular complexity index is 675. The highest BCUT2D eigenvalue weighted by Gasteiger charge is 2.09. The molecule has 4 nitrogen and oxygen atoms in total. The molecule has 0 unspecified atom stereocenters. The zero-order valence-electron chi connectivity index (χ0n) is 12.3. The summed E-state index contributed by atoms with van der Waals surface area (Å²) >= 11 is 0. The predicted molar refractivity (Wildman–Crippen MR) is 83.6 cm³/mol. The molecular weight excluding hydrogens is 276 g/mol. The third-order valence-corrected chi connectivity index (χ3v) is 3.56. The number of benzene rings is 1. The smallest absolute Gasteiger partial charge is 0.354 e. The Morgan fingerprint density at radius 1 is 1.05 bits per heavy atom. The summed E-state index contributed by atoms with van der Waals surface area (Å²) in [5.74, 6) is -1.11. The lowest BCUT2D eigenvalue weighted by Crippen LogP contribution is -2.04. The van der Waals surface area contributed by atoms with Crippen LogP contribution in [0.4, 0.5) is 0 Å². The largest absolute Gasteiger partial charge is 0.477 e. The number of carboxylic acids is 1. The van der Waals surface area contributed by atoms with Gasteiger partial charge in [0.25, 0.3) is 0 Å². The lowest BCUT2D eigenvalue weighted by atomic mass is 10.0. The number of aryl methyl sites for hydroxylation is 2. The number of aromatic carboxylic acids is 1. The molecule has 0 spiro atoms. The Balaban J connectivity index is 1.82. The van der Waals surface area contributed by atoms with Crippen molar-refractivity contribution in [2.45, 2.75) is 32.1 Å². The normalized spacial score (nSPS) is 10.1. The molecule has 0 aliphatic heterocycles. The molecule has 0 atom stereocenters. The Kier molecular flexibility index (Phi) is 5.67. The number of carbonyl (C=O) groups is 1. The van der Waals surface area contributed by atoms with E-state index in [1.54, 1.807) is 6.07 Å². The molecule has 22 heavy (non-hydrogen) atoms. The van der Waals surface area contributed by atoms with Crippen LogP contribution in [0.5, 0.6) is 0 Å². The maximum Gasteiger partial charge on any atom is 0.354 e. The molecule has 1 heterocycles. The van der Waals surface area contributed by atoms with Gasteiger partial charge in [-0.3, -0.25) is 0 Å². The molecular formula is C18H18N2O2. The summed E-state index contributed by atoms with van der Waals surface area (Å²) in [7, 11) is 0. The second-order valence-corrected chi connectivity index (χ2v) is 5.17. The summed E-state index contributed by atoms with van der Waals surface area (Å²) in [6.45, 7) is 0. The molecule has 112 valence electrons. The van der Waals surface area contributed by atoms with Crippen LogP contribution < -0.4 is 0 Å². The minimum Gasteiger partial charge on any atom is -0.477 e. The van der Waals surface area contributed by atoms with Crippen LogP contribution in [-0.2, 0) is 12.8 Å². The molecule has 1 aromatic carbocycles. The average molecular weight is 294 g/mol. The van der Waals surface area contributed by atoms with E-state index in [2.05, 4.69) is 17.1 Å². The third kappa shape index (κ3) is 4.42. The molecule has 0 saturated heterocycles. The topological polar surface area (TPSA) is 74.0 Å². The molecule has 0 bridgehead atoms. The van der Waals surface area contributed by atoms with Crippen molar-refractivity contribution < 1.29 is 9.90 Å². The SMILES string of the molecule is N#Cc1nc(C(=O)O)ccc1CCCCCc1ccccc1. The maximum atomic E-state index is 10.8. The number of aromatic nitrogens is 1. The summed E-state index contributed by atoms with van der Waals surface area (Å²) in [6.07, 6.45) is 4.95. The molecule has 0 amide bonds. The van der Waals surface area contributed by atoms with Gasteiger partial charge in [-0.15, -0.1) is 0 Å². The van der Waals surface area contributed by atoms with Crippen molar-refractivity contribution >= 4 is 5.97 Å². The van der Waals surface area contributed by atoms with Gasteiger partial charge in [0.2, 0.25) is 0 Å². The second kappa shape index (κ2) is 7.94. The van der Waals surface area contributed by atoms with Gasteiger partial charge in [-0.1, -0.05) is 42.8 Å². The lowest BCUT2D eigenvalue weighted by molar-refractivity contribution is 0.0690. The molecule has 1 aromatic heterocycles. The van der Waals surface area contributed by atoms with Gasteiger partial charge in [0, 0.05) is 0 Å². The van der Waals surface area contributed by atoms with Crippen molar-refractivity contribution in [1.29, 1.82) is 5.26 Å². The van der Waals surface area contributed by atoms with Gasteiger partial charge in [0.15, 0.2) is 0 Å². The van der Waals surface area contributed by atoms with Crippen LogP contribution in [0.15, 0.2) is 42.5 Å². The van der Waals surface area contributed by atoms with E-state index in [1.807, 2.05) is 24.3 Å². The Morgan fingerprint density at radius 2 is 1.77 bits per heavy atom. The van der Waals surface area contributed by atoms with Crippen molar-refractivity contribution in [3.05, 3.63) is 65.0 Å². The summed E-state index contributed by atoms with van der Waals surface area (Å²) in [5.41, 5.74) is 2.31. The summed E-state index contributed by atoms with van der Waals surface area (Å²) < 4.78 is 0. The van der Waals surface area contributed by atoms with Crippen molar-refractivity contribution in [2.75, 3.05) is 0 Å². The van der Waals surface area contributed by atoms with Gasteiger partial charge in [-0.05, 0) is 42.9 Å². The highest BCUT2D eigenvalue weighted by Crippen LogP contribution is 2.13. The van der Waals surface area contributed by atoms with E-state index >= 15 is 0 Å². The Morgan fingerprint density at radius 3 is 2.45 bits per heavy atom. The van der Waals surface area contributed by atoms with Gasteiger partial charge in [-0.2, -0.15) is 5.26 Å². The highest BCUT2D eigenvalue weighted by atomic mass is 16.4. The number of unbranched alkanes of at least 4 members (excludes halogenated alkanes) is 2. The summed E-state index contributed by atoms with van der Waals surface area (Å²) in [4.78, 5) is 14.7. The van der Waals surface area contributed by atoms with Gasteiger partial charge in [-0.25, -0.2) is 9.78 Å². The molecule has 1 N–H and O–H groups in total. The fraction of sp³-hybridized carbons (Fsp3) is 0.278. The molecule has 0 saturated carbocycles. The monoisotopic (exact) mass is 294 g/mol. The first-order valence-electron chi connectivity index (χ1n) is 7.38. The second-order valence-electron chi connectivity index (χ2n) is 5.17. The van der Waals surface area contributed by atoms with Crippen LogP contribution in [0.1, 0.15) is 46.6 Å². The summed E-state index contributed by atoms with van der Waals surface area (Å²) in [6, 6.07) is 15.5. The van der Waals surface area contributed by atoms with Gasteiger partial charge < -0.3 is 5.11 Å². The molecule has 0 aliphatic carbocycles. The highest BCUT2D eigenvalue weighted by molar-refractivity contribution is 5.85. The average Bonchev–Trinajstić information content (AvgIpc) is 2.55. The quantitative estimate of drug-likeness (QED) is 0.792. The van der Waals surface area contributed by atoms with Crippen molar-refractivity contribution in [3.63, 3.8) is 0 Å².